The maximum atomic E-state index is 12.5. The second-order valence-electron chi connectivity index (χ2n) is 7.97. The average molecular weight is 394 g/mol. The lowest BCUT2D eigenvalue weighted by Crippen LogP contribution is -2.51. The summed E-state index contributed by atoms with van der Waals surface area (Å²) >= 11 is 0. The Morgan fingerprint density at radius 2 is 2.15 bits per heavy atom. The first-order valence-electron chi connectivity index (χ1n) is 8.98. The van der Waals surface area contributed by atoms with Crippen LogP contribution in [0.5, 0.6) is 5.75 Å². The molecule has 148 valence electrons. The maximum absolute atomic E-state index is 12.5. The zero-order valence-electron chi connectivity index (χ0n) is 15.9. The number of sulfonamides is 1. The molecule has 0 bridgehead atoms. The van der Waals surface area contributed by atoms with Crippen LogP contribution in [0.4, 0.5) is 4.79 Å². The Morgan fingerprint density at radius 3 is 2.85 bits per heavy atom. The molecule has 1 aromatic rings. The van der Waals surface area contributed by atoms with Gasteiger partial charge in [0, 0.05) is 12.1 Å². The van der Waals surface area contributed by atoms with Gasteiger partial charge in [-0.3, -0.25) is 0 Å². The fourth-order valence-corrected chi connectivity index (χ4v) is 4.48. The van der Waals surface area contributed by atoms with E-state index in [1.54, 1.807) is 23.1 Å². The van der Waals surface area contributed by atoms with Gasteiger partial charge in [-0.15, -0.1) is 4.40 Å². The SMILES string of the molecule is CC(C)(C)NC(=O)N1CCC[C@@H]1COc1cccc2c1C(N)=NS(=O)(=O)C2. The number of hydrogen-bond donors (Lipinski definition) is 2. The van der Waals surface area contributed by atoms with Gasteiger partial charge in [0.25, 0.3) is 10.0 Å². The molecule has 8 nitrogen and oxygen atoms in total. The molecule has 3 N–H and O–H groups in total. The molecular formula is C18H26N4O4S. The summed E-state index contributed by atoms with van der Waals surface area (Å²) in [5.74, 6) is 0.247. The molecule has 2 amide bonds. The van der Waals surface area contributed by atoms with Crippen LogP contribution in [0, 0.1) is 0 Å². The van der Waals surface area contributed by atoms with Crippen LogP contribution in [0.15, 0.2) is 22.6 Å². The van der Waals surface area contributed by atoms with Gasteiger partial charge in [0.15, 0.2) is 0 Å². The first-order chi connectivity index (χ1) is 12.6. The van der Waals surface area contributed by atoms with Crippen molar-refractivity contribution >= 4 is 21.9 Å². The summed E-state index contributed by atoms with van der Waals surface area (Å²) in [6.45, 7) is 6.83. The topological polar surface area (TPSA) is 114 Å². The average Bonchev–Trinajstić information content (AvgIpc) is 2.98. The summed E-state index contributed by atoms with van der Waals surface area (Å²) in [6, 6.07) is 5.04. The number of likely N-dealkylation sites (tertiary alicyclic amines) is 1. The van der Waals surface area contributed by atoms with Gasteiger partial charge in [-0.05, 0) is 45.2 Å². The summed E-state index contributed by atoms with van der Waals surface area (Å²) in [5, 5.41) is 2.98. The molecule has 1 atom stereocenters. The van der Waals surface area contributed by atoms with Gasteiger partial charge in [-0.2, -0.15) is 0 Å². The van der Waals surface area contributed by atoms with E-state index in [1.807, 2.05) is 20.8 Å². The number of ether oxygens (including phenoxy) is 1. The minimum Gasteiger partial charge on any atom is -0.491 e. The fraction of sp³-hybridized carbons (Fsp3) is 0.556. The van der Waals surface area contributed by atoms with Gasteiger partial charge in [0.05, 0.1) is 17.4 Å². The van der Waals surface area contributed by atoms with E-state index in [2.05, 4.69) is 9.71 Å². The number of nitrogens with one attached hydrogen (secondary N) is 1. The fourth-order valence-electron chi connectivity index (χ4n) is 3.39. The van der Waals surface area contributed by atoms with Crippen molar-refractivity contribution in [3.8, 4) is 5.75 Å². The lowest BCUT2D eigenvalue weighted by molar-refractivity contribution is 0.159. The number of urea groups is 1. The van der Waals surface area contributed by atoms with E-state index in [4.69, 9.17) is 10.5 Å². The number of amidine groups is 1. The molecule has 27 heavy (non-hydrogen) atoms. The van der Waals surface area contributed by atoms with Crippen LogP contribution < -0.4 is 15.8 Å². The smallest absolute Gasteiger partial charge is 0.318 e. The molecule has 2 heterocycles. The monoisotopic (exact) mass is 394 g/mol. The van der Waals surface area contributed by atoms with Crippen molar-refractivity contribution in [1.82, 2.24) is 10.2 Å². The summed E-state index contributed by atoms with van der Waals surface area (Å²) < 4.78 is 33.1. The summed E-state index contributed by atoms with van der Waals surface area (Å²) in [5.41, 5.74) is 6.66. The van der Waals surface area contributed by atoms with Crippen LogP contribution in [0.25, 0.3) is 0 Å². The standard InChI is InChI=1S/C18H26N4O4S/c1-18(2,3)20-17(23)22-9-5-7-13(22)10-26-14-8-4-6-12-11-27(24,25)21-16(19)15(12)14/h4,6,8,13H,5,7,9-11H2,1-3H3,(H2,19,21)(H,20,23)/t13-/m1/s1. The van der Waals surface area contributed by atoms with Gasteiger partial charge in [-0.25, -0.2) is 13.2 Å². The number of amides is 2. The number of benzene rings is 1. The molecule has 2 aliphatic rings. The highest BCUT2D eigenvalue weighted by molar-refractivity contribution is 7.89. The van der Waals surface area contributed by atoms with Crippen molar-refractivity contribution < 1.29 is 17.9 Å². The van der Waals surface area contributed by atoms with E-state index < -0.39 is 10.0 Å². The first kappa shape index (κ1) is 19.5. The minimum absolute atomic E-state index is 0.0475. The summed E-state index contributed by atoms with van der Waals surface area (Å²) in [6.07, 6.45) is 1.77. The summed E-state index contributed by atoms with van der Waals surface area (Å²) in [4.78, 5) is 14.3. The van der Waals surface area contributed by atoms with E-state index in [0.717, 1.165) is 12.8 Å². The lowest BCUT2D eigenvalue weighted by Gasteiger charge is -2.30. The number of fused-ring (bicyclic) bond motifs is 1. The van der Waals surface area contributed by atoms with Gasteiger partial charge >= 0.3 is 6.03 Å². The molecule has 2 aliphatic heterocycles. The van der Waals surface area contributed by atoms with Crippen molar-refractivity contribution in [3.63, 3.8) is 0 Å². The van der Waals surface area contributed by atoms with Crippen LogP contribution in [0.3, 0.4) is 0 Å². The maximum Gasteiger partial charge on any atom is 0.318 e. The lowest BCUT2D eigenvalue weighted by atomic mass is 10.1. The molecule has 1 aromatic carbocycles. The van der Waals surface area contributed by atoms with Crippen molar-refractivity contribution in [2.75, 3.05) is 13.2 Å². The van der Waals surface area contributed by atoms with Gasteiger partial charge in [0.1, 0.15) is 18.2 Å². The molecule has 0 aromatic heterocycles. The molecule has 0 unspecified atom stereocenters. The van der Waals surface area contributed by atoms with Crippen LogP contribution in [0.1, 0.15) is 44.7 Å². The zero-order chi connectivity index (χ0) is 19.8. The zero-order valence-corrected chi connectivity index (χ0v) is 16.7. The van der Waals surface area contributed by atoms with Crippen molar-refractivity contribution in [1.29, 1.82) is 0 Å². The predicted molar refractivity (Wildman–Crippen MR) is 103 cm³/mol. The highest BCUT2D eigenvalue weighted by Crippen LogP contribution is 2.29. The van der Waals surface area contributed by atoms with E-state index in [0.29, 0.717) is 30.0 Å². The van der Waals surface area contributed by atoms with Gasteiger partial charge in [-0.1, -0.05) is 12.1 Å². The number of nitrogens with zero attached hydrogens (tertiary/aromatic N) is 2. The number of hydrogen-bond acceptors (Lipinski definition) is 5. The van der Waals surface area contributed by atoms with Crippen LogP contribution in [-0.4, -0.2) is 49.9 Å². The Balaban J connectivity index is 1.73. The third-order valence-corrected chi connectivity index (χ3v) is 5.65. The predicted octanol–water partition coefficient (Wildman–Crippen LogP) is 1.59. The Labute approximate surface area is 159 Å². The molecule has 3 rings (SSSR count). The van der Waals surface area contributed by atoms with E-state index in [9.17, 15) is 13.2 Å². The highest BCUT2D eigenvalue weighted by Gasteiger charge is 2.32. The Hall–Kier alpha value is -2.29. The van der Waals surface area contributed by atoms with Crippen LogP contribution >= 0.6 is 0 Å². The van der Waals surface area contributed by atoms with Crippen molar-refractivity contribution in [3.05, 3.63) is 29.3 Å². The molecule has 0 aliphatic carbocycles. The molecule has 0 radical (unpaired) electrons. The quantitative estimate of drug-likeness (QED) is 0.808. The van der Waals surface area contributed by atoms with Crippen LogP contribution in [-0.2, 0) is 15.8 Å². The van der Waals surface area contributed by atoms with Gasteiger partial charge in [0.2, 0.25) is 0 Å². The minimum atomic E-state index is -3.58. The van der Waals surface area contributed by atoms with Crippen LogP contribution in [0.2, 0.25) is 0 Å². The molecule has 0 spiro atoms. The van der Waals surface area contributed by atoms with Crippen molar-refractivity contribution in [2.24, 2.45) is 10.1 Å². The van der Waals surface area contributed by atoms with Gasteiger partial charge < -0.3 is 20.7 Å². The normalized spacial score (nSPS) is 21.4. The van der Waals surface area contributed by atoms with Crippen molar-refractivity contribution in [2.45, 2.75) is 50.9 Å². The molecule has 1 fully saturated rings. The second kappa shape index (κ2) is 7.03. The van der Waals surface area contributed by atoms with E-state index >= 15 is 0 Å². The molecular weight excluding hydrogens is 368 g/mol. The highest BCUT2D eigenvalue weighted by atomic mass is 32.2. The third-order valence-electron chi connectivity index (χ3n) is 4.50. The molecule has 9 heteroatoms. The molecule has 1 saturated heterocycles. The summed E-state index contributed by atoms with van der Waals surface area (Å²) in [7, 11) is -3.58. The first-order valence-corrected chi connectivity index (χ1v) is 10.6. The number of carbonyl (C=O) groups excluding carboxylic acids is 1. The number of carbonyl (C=O) groups is 1. The second-order valence-corrected chi connectivity index (χ2v) is 9.61. The Bertz CT molecular complexity index is 874. The van der Waals surface area contributed by atoms with E-state index in [-0.39, 0.29) is 29.2 Å². The third kappa shape index (κ3) is 4.52. The Kier molecular flexibility index (Phi) is 5.07. The Morgan fingerprint density at radius 1 is 1.41 bits per heavy atom. The molecule has 0 saturated carbocycles. The van der Waals surface area contributed by atoms with E-state index in [1.165, 1.54) is 0 Å². The number of nitrogens with two attached hydrogens (primary N) is 1. The largest absolute Gasteiger partial charge is 0.491 e. The number of rotatable bonds is 3.